The predicted molar refractivity (Wildman–Crippen MR) is 170 cm³/mol. The van der Waals surface area contributed by atoms with E-state index in [0.717, 1.165) is 45.3 Å². The summed E-state index contributed by atoms with van der Waals surface area (Å²) < 4.78 is 13.4. The summed E-state index contributed by atoms with van der Waals surface area (Å²) in [6.45, 7) is 27.5. The van der Waals surface area contributed by atoms with E-state index in [0.29, 0.717) is 36.2 Å². The number of carbonyl (C=O) groups is 1. The molecule has 0 aromatic rings. The van der Waals surface area contributed by atoms with Gasteiger partial charge in [-0.05, 0) is 89.8 Å². The Kier molecular flexibility index (Phi) is 7.97. The van der Waals surface area contributed by atoms with Crippen LogP contribution >= 0.6 is 0 Å². The molecule has 42 heavy (non-hydrogen) atoms. The van der Waals surface area contributed by atoms with Gasteiger partial charge in [0.1, 0.15) is 0 Å². The van der Waals surface area contributed by atoms with Crippen LogP contribution in [0, 0.1) is 68.0 Å². The van der Waals surface area contributed by atoms with Crippen molar-refractivity contribution in [2.75, 3.05) is 19.8 Å². The molecule has 0 amide bonds. The number of hydrogen-bond acceptors (Lipinski definition) is 4. The quantitative estimate of drug-likeness (QED) is 0.309. The van der Waals surface area contributed by atoms with E-state index in [1.54, 1.807) is 5.57 Å². The number of aliphatic carboxylic acids is 1. The minimum absolute atomic E-state index is 0.00325. The fraction of sp³-hybridized carbons (Fsp3) is 0.919. The van der Waals surface area contributed by atoms with E-state index in [-0.39, 0.29) is 50.6 Å². The van der Waals surface area contributed by atoms with Crippen LogP contribution in [0.4, 0.5) is 0 Å². The van der Waals surface area contributed by atoms with Crippen LogP contribution in [0.2, 0.25) is 0 Å². The lowest BCUT2D eigenvalue weighted by Gasteiger charge is -2.71. The zero-order valence-corrected chi connectivity index (χ0v) is 28.8. The molecule has 3 saturated carbocycles. The normalized spacial score (nSPS) is 48.4. The Bertz CT molecular complexity index is 1090. The average Bonchev–Trinajstić information content (AvgIpc) is 2.87. The Morgan fingerprint density at radius 2 is 1.76 bits per heavy atom. The van der Waals surface area contributed by atoms with Crippen LogP contribution in [0.3, 0.4) is 0 Å². The van der Waals surface area contributed by atoms with Crippen LogP contribution in [0.25, 0.3) is 0 Å². The zero-order chi connectivity index (χ0) is 31.3. The lowest BCUT2D eigenvalue weighted by Crippen LogP contribution is -2.69. The summed E-state index contributed by atoms with van der Waals surface area (Å²) in [4.78, 5) is 13.3. The van der Waals surface area contributed by atoms with Crippen LogP contribution in [0.5, 0.6) is 0 Å². The van der Waals surface area contributed by atoms with Crippen molar-refractivity contribution in [2.45, 2.75) is 127 Å². The number of fused-ring (bicyclic) bond motifs is 3. The summed E-state index contributed by atoms with van der Waals surface area (Å²) in [5, 5.41) is 10.9. The van der Waals surface area contributed by atoms with Gasteiger partial charge in [-0.2, -0.15) is 0 Å². The van der Waals surface area contributed by atoms with Crippen molar-refractivity contribution in [2.24, 2.45) is 73.7 Å². The zero-order valence-electron chi connectivity index (χ0n) is 28.8. The summed E-state index contributed by atoms with van der Waals surface area (Å²) in [7, 11) is 0. The number of nitrogens with two attached hydrogens (primary N) is 1. The fourth-order valence-corrected chi connectivity index (χ4v) is 11.8. The van der Waals surface area contributed by atoms with Crippen molar-refractivity contribution in [1.29, 1.82) is 0 Å². The molecule has 1 saturated heterocycles. The second-order valence-electron chi connectivity index (χ2n) is 18.3. The standard InChI is InChI=1S/C37H63NO4/c1-22(2)24(4)33(8)16-17-35(10)25-12-13-27-34(9)20-41-21-37(27,26(25)14-15-36(35,11)29(33)31(39)40)18-23(3)30(34)42-19-28(38)32(5,6)7/h14,22-25,27-30H,12-13,15-21,38H2,1-11H3,(H,39,40)/t23-,24-,25+,27+,28-,29-,30+,33-,34-,35-,36+,37+/m1/s1. The van der Waals surface area contributed by atoms with Gasteiger partial charge in [0.15, 0.2) is 0 Å². The predicted octanol–water partition coefficient (Wildman–Crippen LogP) is 7.97. The molecule has 5 nitrogen and oxygen atoms in total. The third-order valence-electron chi connectivity index (χ3n) is 14.9. The molecule has 0 radical (unpaired) electrons. The topological polar surface area (TPSA) is 81.8 Å². The molecular formula is C37H63NO4. The maximum Gasteiger partial charge on any atom is 0.307 e. The fourth-order valence-electron chi connectivity index (χ4n) is 11.8. The van der Waals surface area contributed by atoms with Gasteiger partial charge in [-0.3, -0.25) is 4.79 Å². The molecule has 3 N–H and O–H groups in total. The molecule has 1 aliphatic heterocycles. The first kappa shape index (κ1) is 32.5. The van der Waals surface area contributed by atoms with Gasteiger partial charge in [-0.25, -0.2) is 0 Å². The highest BCUT2D eigenvalue weighted by Gasteiger charge is 2.71. The molecule has 1 heterocycles. The molecule has 5 heteroatoms. The minimum Gasteiger partial charge on any atom is -0.481 e. The van der Waals surface area contributed by atoms with E-state index in [2.05, 4.69) is 82.2 Å². The highest BCUT2D eigenvalue weighted by atomic mass is 16.5. The first-order valence-corrected chi connectivity index (χ1v) is 17.2. The van der Waals surface area contributed by atoms with E-state index in [1.165, 1.54) is 6.42 Å². The number of ether oxygens (including phenoxy) is 2. The SMILES string of the molecule is CC(C)[C@@H](C)[C@@]1(C)CC[C@]2(C)[C@H]3CC[C@@H]4[C@@]5(COC[C@@]4(C)[C@@H](OC[C@@H](N)C(C)(C)C)[C@H](C)C5)C3=CC[C@@]2(C)[C@@H]1C(=O)O. The summed E-state index contributed by atoms with van der Waals surface area (Å²) in [5.74, 6) is 1.23. The summed E-state index contributed by atoms with van der Waals surface area (Å²) in [5.41, 5.74) is 7.64. The van der Waals surface area contributed by atoms with Gasteiger partial charge in [0, 0.05) is 16.9 Å². The van der Waals surface area contributed by atoms with Gasteiger partial charge in [-0.1, -0.05) is 87.8 Å². The molecular weight excluding hydrogens is 522 g/mol. The van der Waals surface area contributed by atoms with Crippen LogP contribution < -0.4 is 5.73 Å². The van der Waals surface area contributed by atoms with E-state index in [1.807, 2.05) is 0 Å². The molecule has 12 atom stereocenters. The average molecular weight is 586 g/mol. The smallest absolute Gasteiger partial charge is 0.307 e. The van der Waals surface area contributed by atoms with Gasteiger partial charge >= 0.3 is 5.97 Å². The Labute approximate surface area is 257 Å². The van der Waals surface area contributed by atoms with E-state index in [9.17, 15) is 9.90 Å². The molecule has 4 aliphatic carbocycles. The Morgan fingerprint density at radius 1 is 1.10 bits per heavy atom. The number of rotatable bonds is 6. The van der Waals surface area contributed by atoms with E-state index >= 15 is 0 Å². The third kappa shape index (κ3) is 4.36. The van der Waals surface area contributed by atoms with Crippen molar-refractivity contribution >= 4 is 5.97 Å². The van der Waals surface area contributed by atoms with Crippen molar-refractivity contribution in [3.05, 3.63) is 11.6 Å². The first-order chi connectivity index (χ1) is 19.3. The molecule has 0 spiro atoms. The first-order valence-electron chi connectivity index (χ1n) is 17.2. The van der Waals surface area contributed by atoms with Crippen LogP contribution in [0.15, 0.2) is 11.6 Å². The molecule has 2 bridgehead atoms. The maximum absolute atomic E-state index is 13.3. The highest BCUT2D eigenvalue weighted by molar-refractivity contribution is 5.73. The molecule has 240 valence electrons. The molecule has 5 rings (SSSR count). The van der Waals surface area contributed by atoms with Gasteiger partial charge in [-0.15, -0.1) is 0 Å². The highest BCUT2D eigenvalue weighted by Crippen LogP contribution is 2.75. The summed E-state index contributed by atoms with van der Waals surface area (Å²) in [6, 6.07) is -0.00325. The van der Waals surface area contributed by atoms with Gasteiger partial charge < -0.3 is 20.3 Å². The molecule has 0 aromatic carbocycles. The number of carboxylic acid groups (broad SMARTS) is 1. The lowest BCUT2D eigenvalue weighted by atomic mass is 9.34. The minimum atomic E-state index is -0.588. The van der Waals surface area contributed by atoms with Gasteiger partial charge in [0.25, 0.3) is 0 Å². The largest absolute Gasteiger partial charge is 0.481 e. The Hall–Kier alpha value is -0.910. The van der Waals surface area contributed by atoms with Crippen LogP contribution in [-0.2, 0) is 14.3 Å². The Balaban J connectivity index is 1.52. The van der Waals surface area contributed by atoms with Crippen molar-refractivity contribution in [3.8, 4) is 0 Å². The number of carboxylic acids is 1. The number of allylic oxidation sites excluding steroid dienone is 1. The van der Waals surface area contributed by atoms with E-state index < -0.39 is 5.97 Å². The second kappa shape index (κ2) is 10.3. The van der Waals surface area contributed by atoms with Crippen LogP contribution in [-0.4, -0.2) is 43.0 Å². The van der Waals surface area contributed by atoms with Crippen molar-refractivity contribution < 1.29 is 19.4 Å². The molecule has 0 unspecified atom stereocenters. The maximum atomic E-state index is 13.3. The Morgan fingerprint density at radius 3 is 2.36 bits per heavy atom. The number of hydrogen-bond donors (Lipinski definition) is 2. The van der Waals surface area contributed by atoms with Crippen molar-refractivity contribution in [3.63, 3.8) is 0 Å². The van der Waals surface area contributed by atoms with Crippen molar-refractivity contribution in [1.82, 2.24) is 0 Å². The summed E-state index contributed by atoms with van der Waals surface area (Å²) in [6.07, 6.45) is 9.04. The molecule has 4 fully saturated rings. The summed E-state index contributed by atoms with van der Waals surface area (Å²) >= 11 is 0. The molecule has 5 aliphatic rings. The monoisotopic (exact) mass is 585 g/mol. The third-order valence-corrected chi connectivity index (χ3v) is 14.9. The van der Waals surface area contributed by atoms with Crippen LogP contribution in [0.1, 0.15) is 115 Å². The van der Waals surface area contributed by atoms with Gasteiger partial charge in [0.05, 0.1) is 31.8 Å². The second-order valence-corrected chi connectivity index (χ2v) is 18.3. The van der Waals surface area contributed by atoms with E-state index in [4.69, 9.17) is 15.2 Å². The lowest BCUT2D eigenvalue weighted by molar-refractivity contribution is -0.251. The van der Waals surface area contributed by atoms with Gasteiger partial charge in [0.2, 0.25) is 0 Å². The molecule has 0 aromatic heterocycles.